The molecule has 0 radical (unpaired) electrons. The highest BCUT2D eigenvalue weighted by Crippen LogP contribution is 2.32. The summed E-state index contributed by atoms with van der Waals surface area (Å²) in [5, 5.41) is 12.7. The van der Waals surface area contributed by atoms with Gasteiger partial charge >= 0.3 is 0 Å². The van der Waals surface area contributed by atoms with Crippen molar-refractivity contribution in [1.82, 2.24) is 25.1 Å². The molecule has 6 heteroatoms. The average Bonchev–Trinajstić information content (AvgIpc) is 3.25. The van der Waals surface area contributed by atoms with Crippen LogP contribution in [0, 0.1) is 0 Å². The van der Waals surface area contributed by atoms with Crippen LogP contribution in [0.15, 0.2) is 0 Å². The van der Waals surface area contributed by atoms with Gasteiger partial charge in [0.1, 0.15) is 0 Å². The van der Waals surface area contributed by atoms with Gasteiger partial charge in [0, 0.05) is 18.5 Å². The summed E-state index contributed by atoms with van der Waals surface area (Å²) in [6.45, 7) is 0. The van der Waals surface area contributed by atoms with Crippen LogP contribution in [0.2, 0.25) is 0 Å². The normalized spacial score (nSPS) is 22.6. The first-order chi connectivity index (χ1) is 14.3. The van der Waals surface area contributed by atoms with Gasteiger partial charge in [0.15, 0.2) is 5.82 Å². The predicted molar refractivity (Wildman–Crippen MR) is 121 cm³/mol. The Hall–Kier alpha value is -1.04. The molecular weight excluding hydrogens is 378 g/mol. The van der Waals surface area contributed by atoms with E-state index in [1.165, 1.54) is 101 Å². The van der Waals surface area contributed by atoms with Crippen molar-refractivity contribution in [3.63, 3.8) is 0 Å². The minimum Gasteiger partial charge on any atom is -0.360 e. The molecule has 0 N–H and O–H groups in total. The van der Waals surface area contributed by atoms with Crippen molar-refractivity contribution in [1.29, 1.82) is 0 Å². The minimum absolute atomic E-state index is 0.515. The topological polar surface area (TPSA) is 46.8 Å². The summed E-state index contributed by atoms with van der Waals surface area (Å²) in [5.74, 6) is 1.07. The van der Waals surface area contributed by atoms with E-state index in [9.17, 15) is 0 Å². The highest BCUT2D eigenvalue weighted by atomic mass is 32.1. The molecule has 0 bridgehead atoms. The van der Waals surface area contributed by atoms with E-state index in [2.05, 4.69) is 25.1 Å². The first kappa shape index (κ1) is 21.2. The van der Waals surface area contributed by atoms with Gasteiger partial charge in [0.05, 0.1) is 11.0 Å². The highest BCUT2D eigenvalue weighted by Gasteiger charge is 2.30. The third kappa shape index (κ3) is 5.56. The molecule has 0 aliphatic heterocycles. The van der Waals surface area contributed by atoms with Crippen LogP contribution in [0.5, 0.6) is 0 Å². The molecule has 3 fully saturated rings. The van der Waals surface area contributed by atoms with Gasteiger partial charge < -0.3 is 4.90 Å². The third-order valence-electron chi connectivity index (χ3n) is 7.50. The standard InChI is InChI=1S/C23H39N5S/c29-23(27(19-11-4-1-5-12-19)20-13-6-2-7-14-20)18-10-17-22-24-25-26-28(22)21-15-8-3-9-16-21/h19-21H,1-18H2. The van der Waals surface area contributed by atoms with Crippen LogP contribution in [-0.2, 0) is 6.42 Å². The Morgan fingerprint density at radius 3 is 1.97 bits per heavy atom. The van der Waals surface area contributed by atoms with Crippen molar-refractivity contribution < 1.29 is 0 Å². The number of rotatable bonds is 7. The van der Waals surface area contributed by atoms with Crippen molar-refractivity contribution in [3.8, 4) is 0 Å². The van der Waals surface area contributed by atoms with Crippen molar-refractivity contribution >= 4 is 17.2 Å². The first-order valence-corrected chi connectivity index (χ1v) is 12.8. The van der Waals surface area contributed by atoms with Crippen LogP contribution < -0.4 is 0 Å². The molecule has 1 heterocycles. The summed E-state index contributed by atoms with van der Waals surface area (Å²) < 4.78 is 2.13. The molecule has 1 aromatic rings. The van der Waals surface area contributed by atoms with Crippen LogP contribution in [0.4, 0.5) is 0 Å². The molecule has 0 saturated heterocycles. The lowest BCUT2D eigenvalue weighted by Crippen LogP contribution is -2.48. The van der Waals surface area contributed by atoms with Gasteiger partial charge in [-0.15, -0.1) is 5.10 Å². The molecule has 3 saturated carbocycles. The quantitative estimate of drug-likeness (QED) is 0.525. The van der Waals surface area contributed by atoms with E-state index in [4.69, 9.17) is 12.2 Å². The third-order valence-corrected chi connectivity index (χ3v) is 7.91. The number of thiocarbonyl (C=S) groups is 1. The second kappa shape index (κ2) is 10.8. The van der Waals surface area contributed by atoms with Crippen LogP contribution in [0.25, 0.3) is 0 Å². The van der Waals surface area contributed by atoms with Gasteiger partial charge in [0.2, 0.25) is 0 Å². The molecular formula is C23H39N5S. The fourth-order valence-electron chi connectivity index (χ4n) is 5.94. The molecule has 3 aliphatic carbocycles. The van der Waals surface area contributed by atoms with E-state index < -0.39 is 0 Å². The lowest BCUT2D eigenvalue weighted by atomic mass is 9.88. The Morgan fingerprint density at radius 1 is 0.828 bits per heavy atom. The van der Waals surface area contributed by atoms with E-state index in [-0.39, 0.29) is 0 Å². The van der Waals surface area contributed by atoms with Crippen LogP contribution >= 0.6 is 12.2 Å². The Kier molecular flexibility index (Phi) is 7.92. The summed E-state index contributed by atoms with van der Waals surface area (Å²) in [7, 11) is 0. The molecule has 0 spiro atoms. The minimum atomic E-state index is 0.515. The summed E-state index contributed by atoms with van der Waals surface area (Å²) in [5.41, 5.74) is 0. The van der Waals surface area contributed by atoms with Crippen molar-refractivity contribution in [2.45, 2.75) is 134 Å². The van der Waals surface area contributed by atoms with E-state index in [0.717, 1.165) is 25.1 Å². The molecule has 3 aliphatic rings. The van der Waals surface area contributed by atoms with E-state index in [0.29, 0.717) is 18.1 Å². The summed E-state index contributed by atoms with van der Waals surface area (Å²) >= 11 is 6.06. The van der Waals surface area contributed by atoms with Gasteiger partial charge in [-0.3, -0.25) is 0 Å². The smallest absolute Gasteiger partial charge is 0.151 e. The zero-order valence-corrected chi connectivity index (χ0v) is 18.9. The molecule has 0 unspecified atom stereocenters. The van der Waals surface area contributed by atoms with Gasteiger partial charge in [-0.05, 0) is 61.8 Å². The summed E-state index contributed by atoms with van der Waals surface area (Å²) in [6, 6.07) is 1.92. The van der Waals surface area contributed by atoms with Crippen molar-refractivity contribution in [2.24, 2.45) is 0 Å². The second-order valence-electron chi connectivity index (χ2n) is 9.57. The van der Waals surface area contributed by atoms with Crippen molar-refractivity contribution in [2.75, 3.05) is 0 Å². The number of hydrogen-bond acceptors (Lipinski definition) is 4. The number of tetrazole rings is 1. The molecule has 5 nitrogen and oxygen atoms in total. The summed E-state index contributed by atoms with van der Waals surface area (Å²) in [4.78, 5) is 3.94. The highest BCUT2D eigenvalue weighted by molar-refractivity contribution is 7.80. The predicted octanol–water partition coefficient (Wildman–Crippen LogP) is 5.80. The van der Waals surface area contributed by atoms with Gasteiger partial charge in [-0.2, -0.15) is 0 Å². The molecule has 0 aromatic carbocycles. The fraction of sp³-hybridized carbons (Fsp3) is 0.913. The van der Waals surface area contributed by atoms with Crippen LogP contribution in [0.1, 0.15) is 121 Å². The fourth-order valence-corrected chi connectivity index (χ4v) is 6.38. The first-order valence-electron chi connectivity index (χ1n) is 12.4. The zero-order chi connectivity index (χ0) is 19.9. The lowest BCUT2D eigenvalue weighted by molar-refractivity contribution is 0.157. The van der Waals surface area contributed by atoms with Gasteiger partial charge in [-0.1, -0.05) is 70.0 Å². The maximum Gasteiger partial charge on any atom is 0.151 e. The Balaban J connectivity index is 1.34. The van der Waals surface area contributed by atoms with E-state index >= 15 is 0 Å². The number of hydrogen-bond donors (Lipinski definition) is 0. The maximum absolute atomic E-state index is 6.06. The van der Waals surface area contributed by atoms with Gasteiger partial charge in [0.25, 0.3) is 0 Å². The van der Waals surface area contributed by atoms with Gasteiger partial charge in [-0.25, -0.2) is 4.68 Å². The second-order valence-corrected chi connectivity index (χ2v) is 10.0. The molecule has 0 atom stereocenters. The molecule has 162 valence electrons. The monoisotopic (exact) mass is 417 g/mol. The molecule has 0 amide bonds. The average molecular weight is 418 g/mol. The molecule has 29 heavy (non-hydrogen) atoms. The zero-order valence-electron chi connectivity index (χ0n) is 18.1. The maximum atomic E-state index is 6.06. The number of nitrogens with zero attached hydrogens (tertiary/aromatic N) is 5. The Bertz CT molecular complexity index is 609. The van der Waals surface area contributed by atoms with E-state index in [1.807, 2.05) is 0 Å². The van der Waals surface area contributed by atoms with Crippen molar-refractivity contribution in [3.05, 3.63) is 5.82 Å². The van der Waals surface area contributed by atoms with E-state index in [1.54, 1.807) is 0 Å². The number of aryl methyl sites for hydroxylation is 1. The molecule has 1 aromatic heterocycles. The summed E-state index contributed by atoms with van der Waals surface area (Å²) in [6.07, 6.45) is 23.2. The lowest BCUT2D eigenvalue weighted by Gasteiger charge is -2.43. The van der Waals surface area contributed by atoms with Crippen LogP contribution in [0.3, 0.4) is 0 Å². The Morgan fingerprint density at radius 2 is 1.38 bits per heavy atom. The Labute approximate surface area is 182 Å². The molecule has 4 rings (SSSR count). The number of aromatic nitrogens is 4. The van der Waals surface area contributed by atoms with Crippen LogP contribution in [-0.4, -0.2) is 42.2 Å². The largest absolute Gasteiger partial charge is 0.360 e. The SMILES string of the molecule is S=C(CCCc1nnnn1C1CCCCC1)N(C1CCCCC1)C1CCCCC1.